The largest absolute Gasteiger partial charge is 0.412 e. The Kier molecular flexibility index (Phi) is 10.2. The molecule has 2 aromatic rings. The third-order valence-electron chi connectivity index (χ3n) is 5.61. The first kappa shape index (κ1) is 22.4. The molecular weight excluding hydrogens is 318 g/mol. The summed E-state index contributed by atoms with van der Waals surface area (Å²) in [6, 6.07) is 21.7. The summed E-state index contributed by atoms with van der Waals surface area (Å²) in [6.07, 6.45) is 10.4. The van der Waals surface area contributed by atoms with Crippen LogP contribution >= 0.6 is 0 Å². The summed E-state index contributed by atoms with van der Waals surface area (Å²) in [5, 5.41) is 0. The predicted octanol–water partition coefficient (Wildman–Crippen LogP) is 5.64. The van der Waals surface area contributed by atoms with Gasteiger partial charge in [-0.25, -0.2) is 0 Å². The van der Waals surface area contributed by atoms with E-state index in [2.05, 4.69) is 74.5 Å². The summed E-state index contributed by atoms with van der Waals surface area (Å²) in [5.74, 6) is 0. The van der Waals surface area contributed by atoms with Crippen LogP contribution in [-0.2, 0) is 5.41 Å². The lowest BCUT2D eigenvalue weighted by molar-refractivity contribution is 0.401. The molecule has 144 valence electrons. The summed E-state index contributed by atoms with van der Waals surface area (Å²) in [4.78, 5) is 0. The van der Waals surface area contributed by atoms with E-state index in [0.717, 1.165) is 6.42 Å². The Morgan fingerprint density at radius 2 is 1.15 bits per heavy atom. The highest BCUT2D eigenvalue weighted by atomic mass is 16.0. The third kappa shape index (κ3) is 5.96. The minimum atomic E-state index is -0.134. The van der Waals surface area contributed by atoms with Gasteiger partial charge < -0.3 is 11.2 Å². The van der Waals surface area contributed by atoms with Gasteiger partial charge in [-0.05, 0) is 24.5 Å². The second-order valence-corrected chi connectivity index (χ2v) is 7.45. The molecule has 0 saturated heterocycles. The quantitative estimate of drug-likeness (QED) is 0.521. The molecule has 0 aliphatic carbocycles. The maximum absolute atomic E-state index is 6.78. The van der Waals surface area contributed by atoms with Crippen molar-refractivity contribution in [1.29, 1.82) is 0 Å². The van der Waals surface area contributed by atoms with Gasteiger partial charge in [0.1, 0.15) is 0 Å². The van der Waals surface area contributed by atoms with Crippen molar-refractivity contribution in [3.63, 3.8) is 0 Å². The summed E-state index contributed by atoms with van der Waals surface area (Å²) >= 11 is 0. The molecule has 1 atom stereocenters. The summed E-state index contributed by atoms with van der Waals surface area (Å²) < 4.78 is 0. The first-order chi connectivity index (χ1) is 12.2. The standard InChI is InChI=1S/C24H35N.H2O/c1-3-4-5-6-7-8-15-20-23(25)24(2,21-16-11-9-12-17-21)22-18-13-10-14-19-22;/h9-14,16-19,23H,3-8,15,20,25H2,1-2H3;1H2. The van der Waals surface area contributed by atoms with E-state index in [1.54, 1.807) is 0 Å². The fourth-order valence-corrected chi connectivity index (χ4v) is 3.77. The average molecular weight is 356 g/mol. The van der Waals surface area contributed by atoms with E-state index in [1.807, 2.05) is 0 Å². The van der Waals surface area contributed by atoms with Crippen LogP contribution in [0.25, 0.3) is 0 Å². The maximum Gasteiger partial charge on any atom is 0.0325 e. The average Bonchev–Trinajstić information content (AvgIpc) is 2.67. The number of benzene rings is 2. The molecule has 0 saturated carbocycles. The van der Waals surface area contributed by atoms with E-state index in [-0.39, 0.29) is 16.9 Å². The molecule has 0 spiro atoms. The molecule has 0 heterocycles. The third-order valence-corrected chi connectivity index (χ3v) is 5.61. The van der Waals surface area contributed by atoms with Crippen LogP contribution in [0.15, 0.2) is 60.7 Å². The minimum absolute atomic E-state index is 0. The second kappa shape index (κ2) is 11.9. The van der Waals surface area contributed by atoms with E-state index in [0.29, 0.717) is 0 Å². The first-order valence-electron chi connectivity index (χ1n) is 10.1. The van der Waals surface area contributed by atoms with Crippen molar-refractivity contribution in [3.8, 4) is 0 Å². The Labute approximate surface area is 160 Å². The van der Waals surface area contributed by atoms with Crippen LogP contribution in [0, 0.1) is 0 Å². The van der Waals surface area contributed by atoms with E-state index in [9.17, 15) is 0 Å². The molecule has 0 aliphatic rings. The van der Waals surface area contributed by atoms with Crippen LogP contribution in [0.1, 0.15) is 76.3 Å². The molecule has 0 aromatic heterocycles. The molecule has 1 unspecified atom stereocenters. The van der Waals surface area contributed by atoms with Crippen molar-refractivity contribution >= 4 is 0 Å². The Hall–Kier alpha value is -1.64. The zero-order chi connectivity index (χ0) is 18.0. The van der Waals surface area contributed by atoms with Crippen LogP contribution in [0.2, 0.25) is 0 Å². The van der Waals surface area contributed by atoms with Crippen LogP contribution in [-0.4, -0.2) is 11.5 Å². The second-order valence-electron chi connectivity index (χ2n) is 7.45. The zero-order valence-corrected chi connectivity index (χ0v) is 16.6. The minimum Gasteiger partial charge on any atom is -0.412 e. The lowest BCUT2D eigenvalue weighted by atomic mass is 9.69. The summed E-state index contributed by atoms with van der Waals surface area (Å²) in [7, 11) is 0. The van der Waals surface area contributed by atoms with Crippen molar-refractivity contribution in [1.82, 2.24) is 0 Å². The number of nitrogens with two attached hydrogens (primary N) is 1. The summed E-state index contributed by atoms with van der Waals surface area (Å²) in [5.41, 5.74) is 9.28. The van der Waals surface area contributed by atoms with Crippen molar-refractivity contribution in [2.45, 2.75) is 76.7 Å². The first-order valence-corrected chi connectivity index (χ1v) is 10.1. The van der Waals surface area contributed by atoms with Gasteiger partial charge in [-0.3, -0.25) is 0 Å². The molecule has 2 rings (SSSR count). The smallest absolute Gasteiger partial charge is 0.0325 e. The van der Waals surface area contributed by atoms with Crippen LogP contribution in [0.4, 0.5) is 0 Å². The van der Waals surface area contributed by atoms with Gasteiger partial charge in [-0.1, -0.05) is 113 Å². The highest BCUT2D eigenvalue weighted by Gasteiger charge is 2.34. The molecule has 2 heteroatoms. The molecule has 0 aliphatic heterocycles. The van der Waals surface area contributed by atoms with Crippen LogP contribution < -0.4 is 5.73 Å². The number of unbranched alkanes of at least 4 members (excludes halogenated alkanes) is 6. The maximum atomic E-state index is 6.78. The monoisotopic (exact) mass is 355 g/mol. The SMILES string of the molecule is CCCCCCCCCC(N)C(C)(c1ccccc1)c1ccccc1.O. The molecule has 0 bridgehead atoms. The molecule has 0 fully saturated rings. The molecule has 26 heavy (non-hydrogen) atoms. The van der Waals surface area contributed by atoms with E-state index >= 15 is 0 Å². The van der Waals surface area contributed by atoms with Crippen molar-refractivity contribution < 1.29 is 5.48 Å². The number of hydrogen-bond donors (Lipinski definition) is 1. The van der Waals surface area contributed by atoms with Gasteiger partial charge in [0, 0.05) is 11.5 Å². The molecular formula is C24H37NO. The fourth-order valence-electron chi connectivity index (χ4n) is 3.77. The van der Waals surface area contributed by atoms with Gasteiger partial charge in [0.25, 0.3) is 0 Å². The summed E-state index contributed by atoms with van der Waals surface area (Å²) in [6.45, 7) is 4.58. The van der Waals surface area contributed by atoms with Crippen molar-refractivity contribution in [2.24, 2.45) is 5.73 Å². The highest BCUT2D eigenvalue weighted by molar-refractivity contribution is 5.40. The van der Waals surface area contributed by atoms with Gasteiger partial charge in [-0.2, -0.15) is 0 Å². The zero-order valence-electron chi connectivity index (χ0n) is 16.6. The van der Waals surface area contributed by atoms with Gasteiger partial charge in [0.2, 0.25) is 0 Å². The molecule has 4 N–H and O–H groups in total. The van der Waals surface area contributed by atoms with Crippen molar-refractivity contribution in [3.05, 3.63) is 71.8 Å². The van der Waals surface area contributed by atoms with E-state index < -0.39 is 0 Å². The lowest BCUT2D eigenvalue weighted by Crippen LogP contribution is -2.44. The van der Waals surface area contributed by atoms with Crippen LogP contribution in [0.5, 0.6) is 0 Å². The molecule has 0 radical (unpaired) electrons. The van der Waals surface area contributed by atoms with Gasteiger partial charge in [0.05, 0.1) is 0 Å². The number of hydrogen-bond acceptors (Lipinski definition) is 1. The normalized spacial score (nSPS) is 12.4. The van der Waals surface area contributed by atoms with E-state index in [4.69, 9.17) is 5.73 Å². The lowest BCUT2D eigenvalue weighted by Gasteiger charge is -2.37. The Balaban J connectivity index is 0.00000338. The Morgan fingerprint density at radius 1 is 0.731 bits per heavy atom. The van der Waals surface area contributed by atoms with E-state index in [1.165, 1.54) is 56.1 Å². The molecule has 0 amide bonds. The molecule has 2 nitrogen and oxygen atoms in total. The highest BCUT2D eigenvalue weighted by Crippen LogP contribution is 2.36. The number of rotatable bonds is 11. The Morgan fingerprint density at radius 3 is 1.62 bits per heavy atom. The topological polar surface area (TPSA) is 57.5 Å². The van der Waals surface area contributed by atoms with Crippen molar-refractivity contribution in [2.75, 3.05) is 0 Å². The van der Waals surface area contributed by atoms with Crippen LogP contribution in [0.3, 0.4) is 0 Å². The van der Waals surface area contributed by atoms with Gasteiger partial charge >= 0.3 is 0 Å². The van der Waals surface area contributed by atoms with Gasteiger partial charge in [-0.15, -0.1) is 0 Å². The molecule has 2 aromatic carbocycles. The predicted molar refractivity (Wildman–Crippen MR) is 114 cm³/mol. The Bertz CT molecular complexity index is 542. The van der Waals surface area contributed by atoms with Gasteiger partial charge in [0.15, 0.2) is 0 Å². The fraction of sp³-hybridized carbons (Fsp3) is 0.500.